The Labute approximate surface area is 119 Å². The SMILES string of the molecule is CCCCN(C)CCC(=O)Nc1ccc(N)cc1Cl. The minimum atomic E-state index is -0.0324. The number of unbranched alkanes of at least 4 members (excludes halogenated alkanes) is 1. The molecule has 0 aliphatic rings. The number of nitrogens with two attached hydrogens (primary N) is 1. The molecule has 19 heavy (non-hydrogen) atoms. The molecule has 0 fully saturated rings. The molecule has 5 heteroatoms. The highest BCUT2D eigenvalue weighted by Crippen LogP contribution is 2.24. The maximum Gasteiger partial charge on any atom is 0.225 e. The topological polar surface area (TPSA) is 58.4 Å². The second-order valence-electron chi connectivity index (χ2n) is 4.69. The fraction of sp³-hybridized carbons (Fsp3) is 0.500. The highest BCUT2D eigenvalue weighted by Gasteiger charge is 2.07. The molecule has 0 radical (unpaired) electrons. The van der Waals surface area contributed by atoms with E-state index in [0.717, 1.165) is 25.9 Å². The van der Waals surface area contributed by atoms with Crippen molar-refractivity contribution in [3.63, 3.8) is 0 Å². The highest BCUT2D eigenvalue weighted by molar-refractivity contribution is 6.34. The average Bonchev–Trinajstić information content (AvgIpc) is 2.37. The second kappa shape index (κ2) is 8.02. The van der Waals surface area contributed by atoms with Gasteiger partial charge in [0, 0.05) is 18.7 Å². The van der Waals surface area contributed by atoms with Crippen molar-refractivity contribution in [2.45, 2.75) is 26.2 Å². The van der Waals surface area contributed by atoms with Gasteiger partial charge in [-0.3, -0.25) is 4.79 Å². The van der Waals surface area contributed by atoms with Crippen molar-refractivity contribution in [1.29, 1.82) is 0 Å². The Morgan fingerprint density at radius 3 is 2.79 bits per heavy atom. The number of benzene rings is 1. The summed E-state index contributed by atoms with van der Waals surface area (Å²) in [5, 5.41) is 3.26. The van der Waals surface area contributed by atoms with Gasteiger partial charge < -0.3 is 16.0 Å². The lowest BCUT2D eigenvalue weighted by atomic mass is 10.2. The lowest BCUT2D eigenvalue weighted by Crippen LogP contribution is -2.25. The lowest BCUT2D eigenvalue weighted by molar-refractivity contribution is -0.116. The van der Waals surface area contributed by atoms with Gasteiger partial charge in [-0.05, 0) is 38.2 Å². The Morgan fingerprint density at radius 1 is 1.42 bits per heavy atom. The summed E-state index contributed by atoms with van der Waals surface area (Å²) in [6, 6.07) is 5.07. The minimum Gasteiger partial charge on any atom is -0.399 e. The van der Waals surface area contributed by atoms with Gasteiger partial charge in [0.15, 0.2) is 0 Å². The van der Waals surface area contributed by atoms with Crippen LogP contribution < -0.4 is 11.1 Å². The van der Waals surface area contributed by atoms with E-state index in [9.17, 15) is 4.79 Å². The number of amides is 1. The Morgan fingerprint density at radius 2 is 2.16 bits per heavy atom. The number of nitrogen functional groups attached to an aromatic ring is 1. The Bertz CT molecular complexity index is 423. The molecule has 1 rings (SSSR count). The number of carbonyl (C=O) groups is 1. The van der Waals surface area contributed by atoms with E-state index < -0.39 is 0 Å². The molecule has 0 spiro atoms. The maximum absolute atomic E-state index is 11.8. The number of anilines is 2. The largest absolute Gasteiger partial charge is 0.399 e. The van der Waals surface area contributed by atoms with Gasteiger partial charge in [-0.15, -0.1) is 0 Å². The minimum absolute atomic E-state index is 0.0324. The molecule has 1 amide bonds. The summed E-state index contributed by atoms with van der Waals surface area (Å²) >= 11 is 6.00. The molecule has 0 unspecified atom stereocenters. The van der Waals surface area contributed by atoms with E-state index in [2.05, 4.69) is 17.1 Å². The third-order valence-corrected chi connectivity index (χ3v) is 3.19. The summed E-state index contributed by atoms with van der Waals surface area (Å²) in [6.07, 6.45) is 2.78. The molecular formula is C14H22ClN3O. The summed E-state index contributed by atoms with van der Waals surface area (Å²) in [5.41, 5.74) is 6.79. The van der Waals surface area contributed by atoms with Gasteiger partial charge in [0.2, 0.25) is 5.91 Å². The summed E-state index contributed by atoms with van der Waals surface area (Å²) in [6.45, 7) is 3.93. The van der Waals surface area contributed by atoms with Crippen molar-refractivity contribution in [2.75, 3.05) is 31.2 Å². The van der Waals surface area contributed by atoms with Gasteiger partial charge in [0.25, 0.3) is 0 Å². The number of hydrogen-bond acceptors (Lipinski definition) is 3. The van der Waals surface area contributed by atoms with Crippen LogP contribution in [0.3, 0.4) is 0 Å². The summed E-state index contributed by atoms with van der Waals surface area (Å²) in [5.74, 6) is -0.0324. The van der Waals surface area contributed by atoms with Crippen molar-refractivity contribution in [1.82, 2.24) is 4.90 Å². The van der Waals surface area contributed by atoms with E-state index in [1.54, 1.807) is 18.2 Å². The monoisotopic (exact) mass is 283 g/mol. The molecule has 0 atom stereocenters. The zero-order valence-corrected chi connectivity index (χ0v) is 12.3. The van der Waals surface area contributed by atoms with Gasteiger partial charge in [-0.2, -0.15) is 0 Å². The fourth-order valence-corrected chi connectivity index (χ4v) is 1.91. The Hall–Kier alpha value is -1.26. The molecular weight excluding hydrogens is 262 g/mol. The van der Waals surface area contributed by atoms with Gasteiger partial charge in [0.1, 0.15) is 0 Å². The molecule has 0 aliphatic carbocycles. The fourth-order valence-electron chi connectivity index (χ4n) is 1.68. The van der Waals surface area contributed by atoms with Gasteiger partial charge in [0.05, 0.1) is 10.7 Å². The van der Waals surface area contributed by atoms with Crippen molar-refractivity contribution in [3.8, 4) is 0 Å². The van der Waals surface area contributed by atoms with Gasteiger partial charge in [-0.25, -0.2) is 0 Å². The number of nitrogens with one attached hydrogen (secondary N) is 1. The molecule has 0 heterocycles. The molecule has 0 aromatic heterocycles. The Kier molecular flexibility index (Phi) is 6.67. The number of halogens is 1. The Balaban J connectivity index is 2.38. The summed E-state index contributed by atoms with van der Waals surface area (Å²) in [7, 11) is 2.03. The molecule has 3 N–H and O–H groups in total. The van der Waals surface area contributed by atoms with Crippen molar-refractivity contribution in [2.24, 2.45) is 0 Å². The molecule has 0 aliphatic heterocycles. The number of nitrogens with zero attached hydrogens (tertiary/aromatic N) is 1. The van der Waals surface area contributed by atoms with E-state index >= 15 is 0 Å². The zero-order chi connectivity index (χ0) is 14.3. The van der Waals surface area contributed by atoms with E-state index in [4.69, 9.17) is 17.3 Å². The molecule has 0 saturated carbocycles. The van der Waals surface area contributed by atoms with E-state index in [1.165, 1.54) is 0 Å². The molecule has 1 aromatic rings. The predicted molar refractivity (Wildman–Crippen MR) is 81.5 cm³/mol. The van der Waals surface area contributed by atoms with Gasteiger partial charge >= 0.3 is 0 Å². The first kappa shape index (κ1) is 15.8. The van der Waals surface area contributed by atoms with Crippen molar-refractivity contribution >= 4 is 28.9 Å². The number of rotatable bonds is 7. The first-order valence-electron chi connectivity index (χ1n) is 6.56. The standard InChI is InChI=1S/C14H22ClN3O/c1-3-4-8-18(2)9-7-14(19)17-13-6-5-11(16)10-12(13)15/h5-6,10H,3-4,7-9,16H2,1-2H3,(H,17,19). The van der Waals surface area contributed by atoms with E-state index in [0.29, 0.717) is 22.8 Å². The van der Waals surface area contributed by atoms with Crippen LogP contribution in [-0.4, -0.2) is 30.9 Å². The first-order valence-corrected chi connectivity index (χ1v) is 6.94. The van der Waals surface area contributed by atoms with Crippen LogP contribution in [0.1, 0.15) is 26.2 Å². The van der Waals surface area contributed by atoms with Crippen LogP contribution in [-0.2, 0) is 4.79 Å². The zero-order valence-electron chi connectivity index (χ0n) is 11.6. The van der Waals surface area contributed by atoms with Crippen LogP contribution in [0.2, 0.25) is 5.02 Å². The van der Waals surface area contributed by atoms with Crippen LogP contribution >= 0.6 is 11.6 Å². The third kappa shape index (κ3) is 5.94. The summed E-state index contributed by atoms with van der Waals surface area (Å²) < 4.78 is 0. The van der Waals surface area contributed by atoms with Crippen LogP contribution in [0.4, 0.5) is 11.4 Å². The maximum atomic E-state index is 11.8. The smallest absolute Gasteiger partial charge is 0.225 e. The number of carbonyl (C=O) groups excluding carboxylic acids is 1. The molecule has 0 saturated heterocycles. The molecule has 4 nitrogen and oxygen atoms in total. The van der Waals surface area contributed by atoms with Crippen molar-refractivity contribution in [3.05, 3.63) is 23.2 Å². The predicted octanol–water partition coefficient (Wildman–Crippen LogP) is 2.98. The van der Waals surface area contributed by atoms with Crippen LogP contribution in [0, 0.1) is 0 Å². The molecule has 0 bridgehead atoms. The molecule has 106 valence electrons. The second-order valence-corrected chi connectivity index (χ2v) is 5.10. The molecule has 1 aromatic carbocycles. The van der Waals surface area contributed by atoms with Crippen LogP contribution in [0.5, 0.6) is 0 Å². The van der Waals surface area contributed by atoms with Crippen molar-refractivity contribution < 1.29 is 4.79 Å². The normalized spacial score (nSPS) is 10.7. The van der Waals surface area contributed by atoms with E-state index in [-0.39, 0.29) is 5.91 Å². The van der Waals surface area contributed by atoms with Gasteiger partial charge in [-0.1, -0.05) is 24.9 Å². The van der Waals surface area contributed by atoms with Crippen LogP contribution in [0.25, 0.3) is 0 Å². The number of hydrogen-bond donors (Lipinski definition) is 2. The van der Waals surface area contributed by atoms with E-state index in [1.807, 2.05) is 7.05 Å². The van der Waals surface area contributed by atoms with Crippen LogP contribution in [0.15, 0.2) is 18.2 Å². The first-order chi connectivity index (χ1) is 9.02. The quantitative estimate of drug-likeness (QED) is 0.757. The average molecular weight is 284 g/mol. The third-order valence-electron chi connectivity index (χ3n) is 2.88. The summed E-state index contributed by atoms with van der Waals surface area (Å²) in [4.78, 5) is 14.0. The lowest BCUT2D eigenvalue weighted by Gasteiger charge is -2.15. The highest BCUT2D eigenvalue weighted by atomic mass is 35.5.